The average Bonchev–Trinajstić information content (AvgIpc) is 2.51. The van der Waals surface area contributed by atoms with Crippen LogP contribution in [0.15, 0.2) is 18.2 Å². The van der Waals surface area contributed by atoms with E-state index in [1.807, 2.05) is 0 Å². The second kappa shape index (κ2) is 8.04. The first kappa shape index (κ1) is 17.4. The van der Waals surface area contributed by atoms with Gasteiger partial charge < -0.3 is 10.2 Å². The molecular formula is C17H22F2N2O2. The number of nitrogens with one attached hydrogen (secondary N) is 1. The van der Waals surface area contributed by atoms with Gasteiger partial charge in [0.05, 0.1) is 0 Å². The molecule has 4 nitrogen and oxygen atoms in total. The van der Waals surface area contributed by atoms with Gasteiger partial charge in [0, 0.05) is 37.7 Å². The molecule has 126 valence electrons. The average molecular weight is 324 g/mol. The van der Waals surface area contributed by atoms with Crippen molar-refractivity contribution in [2.75, 3.05) is 11.4 Å². The van der Waals surface area contributed by atoms with Gasteiger partial charge in [0.15, 0.2) is 11.6 Å². The molecule has 0 spiro atoms. The van der Waals surface area contributed by atoms with Gasteiger partial charge in [-0.15, -0.1) is 0 Å². The highest BCUT2D eigenvalue weighted by Crippen LogP contribution is 2.19. The largest absolute Gasteiger partial charge is 0.353 e. The number of amides is 2. The molecule has 1 aliphatic rings. The molecule has 0 atom stereocenters. The Hall–Kier alpha value is -1.98. The second-order valence-corrected chi connectivity index (χ2v) is 5.92. The van der Waals surface area contributed by atoms with Crippen LogP contribution in [-0.4, -0.2) is 24.4 Å². The minimum absolute atomic E-state index is 0.120. The number of hydrogen-bond donors (Lipinski definition) is 1. The Morgan fingerprint density at radius 2 is 1.87 bits per heavy atom. The van der Waals surface area contributed by atoms with Crippen molar-refractivity contribution in [3.05, 3.63) is 29.8 Å². The highest BCUT2D eigenvalue weighted by Gasteiger charge is 2.18. The zero-order valence-electron chi connectivity index (χ0n) is 13.3. The highest BCUT2D eigenvalue weighted by molar-refractivity contribution is 5.92. The predicted octanol–water partition coefficient (Wildman–Crippen LogP) is 3.16. The first-order valence-corrected chi connectivity index (χ1v) is 8.00. The molecule has 0 unspecified atom stereocenters. The van der Waals surface area contributed by atoms with Crippen molar-refractivity contribution in [2.45, 2.75) is 51.5 Å². The summed E-state index contributed by atoms with van der Waals surface area (Å²) in [5, 5.41) is 2.97. The third kappa shape index (κ3) is 5.01. The van der Waals surface area contributed by atoms with Crippen LogP contribution < -0.4 is 10.2 Å². The predicted molar refractivity (Wildman–Crippen MR) is 84.0 cm³/mol. The van der Waals surface area contributed by atoms with Crippen molar-refractivity contribution in [2.24, 2.45) is 0 Å². The molecule has 2 rings (SSSR count). The molecule has 0 aromatic heterocycles. The van der Waals surface area contributed by atoms with Crippen molar-refractivity contribution in [1.29, 1.82) is 0 Å². The number of carbonyl (C=O) groups is 2. The third-order valence-corrected chi connectivity index (χ3v) is 4.13. The van der Waals surface area contributed by atoms with Gasteiger partial charge in [0.1, 0.15) is 0 Å². The molecule has 6 heteroatoms. The molecular weight excluding hydrogens is 302 g/mol. The number of carbonyl (C=O) groups excluding carboxylic acids is 2. The molecule has 0 bridgehead atoms. The molecule has 1 aromatic rings. The van der Waals surface area contributed by atoms with Crippen LogP contribution in [-0.2, 0) is 9.59 Å². The molecule has 0 aliphatic heterocycles. The van der Waals surface area contributed by atoms with Crippen LogP contribution in [0, 0.1) is 11.6 Å². The topological polar surface area (TPSA) is 49.4 Å². The molecule has 1 aromatic carbocycles. The van der Waals surface area contributed by atoms with Gasteiger partial charge in [-0.25, -0.2) is 8.78 Å². The molecule has 1 fully saturated rings. The Kier molecular flexibility index (Phi) is 6.07. The third-order valence-electron chi connectivity index (χ3n) is 4.13. The summed E-state index contributed by atoms with van der Waals surface area (Å²) in [6, 6.07) is 3.49. The molecule has 2 amide bonds. The minimum atomic E-state index is -1.01. The van der Waals surface area contributed by atoms with Crippen molar-refractivity contribution < 1.29 is 18.4 Å². The summed E-state index contributed by atoms with van der Waals surface area (Å²) < 4.78 is 26.3. The Morgan fingerprint density at radius 1 is 1.17 bits per heavy atom. The standard InChI is InChI=1S/C17H22F2N2O2/c1-12(22)21(14-7-8-15(18)16(19)11-14)10-9-17(23)20-13-5-3-2-4-6-13/h7-8,11,13H,2-6,9-10H2,1H3,(H,20,23). The van der Waals surface area contributed by atoms with E-state index < -0.39 is 11.6 Å². The minimum Gasteiger partial charge on any atom is -0.353 e. The van der Waals surface area contributed by atoms with Crippen molar-refractivity contribution >= 4 is 17.5 Å². The van der Waals surface area contributed by atoms with Gasteiger partial charge >= 0.3 is 0 Å². The normalized spacial score (nSPS) is 15.3. The number of halogens is 2. The molecule has 1 saturated carbocycles. The van der Waals surface area contributed by atoms with Crippen molar-refractivity contribution in [3.63, 3.8) is 0 Å². The van der Waals surface area contributed by atoms with Crippen molar-refractivity contribution in [1.82, 2.24) is 5.32 Å². The first-order chi connectivity index (χ1) is 11.0. The number of nitrogens with zero attached hydrogens (tertiary/aromatic N) is 1. The quantitative estimate of drug-likeness (QED) is 0.904. The summed E-state index contributed by atoms with van der Waals surface area (Å²) in [6.07, 6.45) is 5.57. The van der Waals surface area contributed by atoms with Crippen LogP contribution in [0.3, 0.4) is 0 Å². The Morgan fingerprint density at radius 3 is 2.48 bits per heavy atom. The summed E-state index contributed by atoms with van der Waals surface area (Å²) >= 11 is 0. The lowest BCUT2D eigenvalue weighted by atomic mass is 9.95. The van der Waals surface area contributed by atoms with Crippen LogP contribution >= 0.6 is 0 Å². The highest BCUT2D eigenvalue weighted by atomic mass is 19.2. The Balaban J connectivity index is 1.92. The maximum Gasteiger partial charge on any atom is 0.223 e. The van der Waals surface area contributed by atoms with E-state index in [1.165, 1.54) is 24.3 Å². The lowest BCUT2D eigenvalue weighted by Gasteiger charge is -2.24. The van der Waals surface area contributed by atoms with E-state index in [1.54, 1.807) is 0 Å². The summed E-state index contributed by atoms with van der Waals surface area (Å²) in [6.45, 7) is 1.47. The lowest BCUT2D eigenvalue weighted by Crippen LogP contribution is -2.39. The van der Waals surface area contributed by atoms with E-state index in [-0.39, 0.29) is 36.5 Å². The van der Waals surface area contributed by atoms with Gasteiger partial charge in [-0.1, -0.05) is 19.3 Å². The van der Waals surface area contributed by atoms with Gasteiger partial charge in [-0.05, 0) is 25.0 Å². The van der Waals surface area contributed by atoms with E-state index >= 15 is 0 Å². The summed E-state index contributed by atoms with van der Waals surface area (Å²) in [4.78, 5) is 25.0. The maximum atomic E-state index is 13.3. The first-order valence-electron chi connectivity index (χ1n) is 8.00. The molecule has 23 heavy (non-hydrogen) atoms. The van der Waals surface area contributed by atoms with Gasteiger partial charge in [-0.2, -0.15) is 0 Å². The van der Waals surface area contributed by atoms with E-state index in [0.717, 1.165) is 37.8 Å². The maximum absolute atomic E-state index is 13.3. The Labute approximate surface area is 134 Å². The van der Waals surface area contributed by atoms with Crippen LogP contribution in [0.1, 0.15) is 45.4 Å². The van der Waals surface area contributed by atoms with Gasteiger partial charge in [0.2, 0.25) is 11.8 Å². The number of benzene rings is 1. The smallest absolute Gasteiger partial charge is 0.223 e. The summed E-state index contributed by atoms with van der Waals surface area (Å²) in [5.41, 5.74) is 0.252. The van der Waals surface area contributed by atoms with E-state index in [4.69, 9.17) is 0 Å². The van der Waals surface area contributed by atoms with Gasteiger partial charge in [-0.3, -0.25) is 9.59 Å². The number of hydrogen-bond acceptors (Lipinski definition) is 2. The van der Waals surface area contributed by atoms with E-state index in [2.05, 4.69) is 5.32 Å². The van der Waals surface area contributed by atoms with Gasteiger partial charge in [0.25, 0.3) is 0 Å². The SMILES string of the molecule is CC(=O)N(CCC(=O)NC1CCCCC1)c1ccc(F)c(F)c1. The fraction of sp³-hybridized carbons (Fsp3) is 0.529. The summed E-state index contributed by atoms with van der Waals surface area (Å²) in [5.74, 6) is -2.42. The van der Waals surface area contributed by atoms with Crippen LogP contribution in [0.2, 0.25) is 0 Å². The lowest BCUT2D eigenvalue weighted by molar-refractivity contribution is -0.121. The molecule has 0 saturated heterocycles. The molecule has 1 aliphatic carbocycles. The number of anilines is 1. The van der Waals surface area contributed by atoms with Crippen molar-refractivity contribution in [3.8, 4) is 0 Å². The zero-order chi connectivity index (χ0) is 16.8. The van der Waals surface area contributed by atoms with Crippen LogP contribution in [0.4, 0.5) is 14.5 Å². The summed E-state index contributed by atoms with van der Waals surface area (Å²) in [7, 11) is 0. The molecule has 0 radical (unpaired) electrons. The Bertz CT molecular complexity index is 572. The fourth-order valence-corrected chi connectivity index (χ4v) is 2.88. The van der Waals surface area contributed by atoms with Crippen LogP contribution in [0.5, 0.6) is 0 Å². The molecule has 1 N–H and O–H groups in total. The van der Waals surface area contributed by atoms with E-state index in [9.17, 15) is 18.4 Å². The second-order valence-electron chi connectivity index (χ2n) is 5.92. The monoisotopic (exact) mass is 324 g/mol. The zero-order valence-corrected chi connectivity index (χ0v) is 13.3. The number of rotatable bonds is 5. The van der Waals surface area contributed by atoms with Crippen LogP contribution in [0.25, 0.3) is 0 Å². The molecule has 0 heterocycles. The van der Waals surface area contributed by atoms with E-state index in [0.29, 0.717) is 0 Å². The fourth-order valence-electron chi connectivity index (χ4n) is 2.88.